The van der Waals surface area contributed by atoms with E-state index in [9.17, 15) is 29.3 Å². The van der Waals surface area contributed by atoms with Gasteiger partial charge in [-0.3, -0.25) is 29.3 Å². The normalized spacial score (nSPS) is 16.5. The number of aromatic amines is 1. The standard InChI is InChI=1S/C28H31ClN6O6/c29-15-25(36)32-23(13-17-8-10-19(11-9-17)35(40)41)28(39)34-12-4-3-7-24(34)27(38)33-22(26(30)37)14-18-16-31-21-6-2-1-5-20(18)21/h1-2,5-6,8-11,16,22-24,31H,3-4,7,12-15H2,(H2,30,37)(H,32,36)(H,33,38)/t22-,23-,24-/m0/s1. The van der Waals surface area contributed by atoms with Crippen LogP contribution in [0.25, 0.3) is 10.9 Å². The third kappa shape index (κ3) is 7.20. The summed E-state index contributed by atoms with van der Waals surface area (Å²) in [5.41, 5.74) is 7.83. The molecule has 0 saturated carbocycles. The predicted octanol–water partition coefficient (Wildman–Crippen LogP) is 1.94. The molecule has 0 radical (unpaired) electrons. The number of H-pyrrole nitrogens is 1. The Morgan fingerprint density at radius 1 is 1.05 bits per heavy atom. The molecule has 2 aromatic carbocycles. The average Bonchev–Trinajstić information content (AvgIpc) is 3.38. The maximum atomic E-state index is 13.8. The summed E-state index contributed by atoms with van der Waals surface area (Å²) in [6.45, 7) is 0.272. The number of likely N-dealkylation sites (tertiary alicyclic amines) is 1. The first kappa shape index (κ1) is 29.5. The van der Waals surface area contributed by atoms with Crippen LogP contribution in [-0.4, -0.2) is 69.0 Å². The van der Waals surface area contributed by atoms with Crippen molar-refractivity contribution in [3.63, 3.8) is 0 Å². The molecule has 0 unspecified atom stereocenters. The molecule has 1 saturated heterocycles. The lowest BCUT2D eigenvalue weighted by molar-refractivity contribution is -0.384. The van der Waals surface area contributed by atoms with Crippen molar-refractivity contribution in [3.05, 3.63) is 76.0 Å². The van der Waals surface area contributed by atoms with Gasteiger partial charge >= 0.3 is 0 Å². The van der Waals surface area contributed by atoms with Crippen LogP contribution in [0.2, 0.25) is 0 Å². The molecule has 0 aliphatic carbocycles. The van der Waals surface area contributed by atoms with Crippen LogP contribution in [0.5, 0.6) is 0 Å². The number of nitro benzene ring substituents is 1. The van der Waals surface area contributed by atoms with Crippen molar-refractivity contribution in [2.75, 3.05) is 12.4 Å². The molecule has 2 heterocycles. The first-order valence-electron chi connectivity index (χ1n) is 13.2. The lowest BCUT2D eigenvalue weighted by Gasteiger charge is -2.37. The number of alkyl halides is 1. The fraction of sp³-hybridized carbons (Fsp3) is 0.357. The van der Waals surface area contributed by atoms with Crippen LogP contribution in [0.3, 0.4) is 0 Å². The Morgan fingerprint density at radius 3 is 2.46 bits per heavy atom. The second-order valence-corrected chi connectivity index (χ2v) is 10.2. The fourth-order valence-corrected chi connectivity index (χ4v) is 5.18. The molecule has 1 aromatic heterocycles. The van der Waals surface area contributed by atoms with Gasteiger partial charge in [0, 0.05) is 48.6 Å². The SMILES string of the molecule is NC(=O)[C@H](Cc1c[nH]c2ccccc12)NC(=O)[C@@H]1CCCCN1C(=O)[C@H](Cc1ccc([N+](=O)[O-])cc1)NC(=O)CCl. The van der Waals surface area contributed by atoms with E-state index in [1.807, 2.05) is 24.3 Å². The highest BCUT2D eigenvalue weighted by atomic mass is 35.5. The molecule has 216 valence electrons. The Labute approximate surface area is 240 Å². The molecule has 0 spiro atoms. The number of amides is 4. The summed E-state index contributed by atoms with van der Waals surface area (Å²) in [6, 6.07) is 10.3. The number of hydrogen-bond acceptors (Lipinski definition) is 6. The number of halogens is 1. The number of non-ortho nitro benzene ring substituents is 1. The quantitative estimate of drug-likeness (QED) is 0.152. The van der Waals surface area contributed by atoms with Crippen molar-refractivity contribution >= 4 is 51.8 Å². The van der Waals surface area contributed by atoms with Crippen molar-refractivity contribution < 1.29 is 24.1 Å². The third-order valence-electron chi connectivity index (χ3n) is 7.19. The van der Waals surface area contributed by atoms with Crippen LogP contribution < -0.4 is 16.4 Å². The van der Waals surface area contributed by atoms with Gasteiger partial charge in [-0.05, 0) is 36.5 Å². The van der Waals surface area contributed by atoms with Crippen LogP contribution in [0.1, 0.15) is 30.4 Å². The van der Waals surface area contributed by atoms with Crippen LogP contribution in [0.4, 0.5) is 5.69 Å². The molecule has 41 heavy (non-hydrogen) atoms. The first-order valence-corrected chi connectivity index (χ1v) is 13.7. The number of aromatic nitrogens is 1. The van der Waals surface area contributed by atoms with E-state index >= 15 is 0 Å². The Morgan fingerprint density at radius 2 is 1.78 bits per heavy atom. The van der Waals surface area contributed by atoms with Gasteiger partial charge in [-0.2, -0.15) is 0 Å². The number of nitro groups is 1. The van der Waals surface area contributed by atoms with Crippen LogP contribution >= 0.6 is 11.6 Å². The topological polar surface area (TPSA) is 181 Å². The molecule has 1 aliphatic rings. The highest BCUT2D eigenvalue weighted by molar-refractivity contribution is 6.27. The molecule has 3 atom stereocenters. The van der Waals surface area contributed by atoms with Gasteiger partial charge in [0.15, 0.2) is 0 Å². The Hall–Kier alpha value is -4.45. The van der Waals surface area contributed by atoms with E-state index in [0.29, 0.717) is 24.8 Å². The van der Waals surface area contributed by atoms with E-state index in [1.54, 1.807) is 6.20 Å². The number of fused-ring (bicyclic) bond motifs is 1. The summed E-state index contributed by atoms with van der Waals surface area (Å²) in [5.74, 6) is -2.66. The van der Waals surface area contributed by atoms with Crippen LogP contribution in [0.15, 0.2) is 54.7 Å². The van der Waals surface area contributed by atoms with Crippen LogP contribution in [0, 0.1) is 10.1 Å². The minimum Gasteiger partial charge on any atom is -0.368 e. The summed E-state index contributed by atoms with van der Waals surface area (Å²) in [4.78, 5) is 66.8. The number of nitrogens with two attached hydrogens (primary N) is 1. The zero-order valence-corrected chi connectivity index (χ0v) is 22.9. The predicted molar refractivity (Wildman–Crippen MR) is 152 cm³/mol. The van der Waals surface area contributed by atoms with Gasteiger partial charge in [-0.25, -0.2) is 0 Å². The lowest BCUT2D eigenvalue weighted by atomic mass is 9.97. The van der Waals surface area contributed by atoms with E-state index in [1.165, 1.54) is 29.2 Å². The number of para-hydroxylation sites is 1. The maximum absolute atomic E-state index is 13.8. The minimum atomic E-state index is -1.06. The smallest absolute Gasteiger partial charge is 0.269 e. The van der Waals surface area contributed by atoms with Gasteiger partial charge in [0.2, 0.25) is 23.6 Å². The van der Waals surface area contributed by atoms with Gasteiger partial charge in [0.1, 0.15) is 24.0 Å². The highest BCUT2D eigenvalue weighted by Gasteiger charge is 2.37. The number of rotatable bonds is 11. The zero-order valence-electron chi connectivity index (χ0n) is 22.2. The second kappa shape index (κ2) is 13.3. The fourth-order valence-electron chi connectivity index (χ4n) is 5.10. The molecule has 1 fully saturated rings. The summed E-state index contributed by atoms with van der Waals surface area (Å²) in [6.07, 6.45) is 3.68. The Balaban J connectivity index is 1.51. The summed E-state index contributed by atoms with van der Waals surface area (Å²) < 4.78 is 0. The lowest BCUT2D eigenvalue weighted by Crippen LogP contribution is -2.60. The highest BCUT2D eigenvalue weighted by Crippen LogP contribution is 2.22. The summed E-state index contributed by atoms with van der Waals surface area (Å²) in [5, 5.41) is 17.3. The molecule has 0 bridgehead atoms. The molecule has 4 rings (SSSR count). The van der Waals surface area contributed by atoms with Gasteiger partial charge in [0.25, 0.3) is 5.69 Å². The largest absolute Gasteiger partial charge is 0.368 e. The van der Waals surface area contributed by atoms with Crippen molar-refractivity contribution in [2.45, 2.75) is 50.2 Å². The molecule has 5 N–H and O–H groups in total. The number of nitrogens with zero attached hydrogens (tertiary/aromatic N) is 2. The number of nitrogens with one attached hydrogen (secondary N) is 3. The summed E-state index contributed by atoms with van der Waals surface area (Å²) >= 11 is 5.68. The van der Waals surface area contributed by atoms with E-state index in [-0.39, 0.29) is 31.0 Å². The number of hydrogen-bond donors (Lipinski definition) is 4. The molecule has 12 nitrogen and oxygen atoms in total. The van der Waals surface area contributed by atoms with E-state index < -0.39 is 46.7 Å². The van der Waals surface area contributed by atoms with E-state index in [4.69, 9.17) is 17.3 Å². The number of piperidine rings is 1. The monoisotopic (exact) mass is 582 g/mol. The van der Waals surface area contributed by atoms with Crippen molar-refractivity contribution in [2.24, 2.45) is 5.73 Å². The van der Waals surface area contributed by atoms with Gasteiger partial charge < -0.3 is 26.3 Å². The number of carbonyl (C=O) groups excluding carboxylic acids is 4. The first-order chi connectivity index (χ1) is 19.7. The molecule has 4 amide bonds. The zero-order chi connectivity index (χ0) is 29.5. The van der Waals surface area contributed by atoms with Gasteiger partial charge in [-0.1, -0.05) is 30.3 Å². The molecule has 13 heteroatoms. The average molecular weight is 583 g/mol. The maximum Gasteiger partial charge on any atom is 0.269 e. The van der Waals surface area contributed by atoms with E-state index in [0.717, 1.165) is 16.5 Å². The van der Waals surface area contributed by atoms with Crippen LogP contribution in [-0.2, 0) is 32.0 Å². The van der Waals surface area contributed by atoms with Gasteiger partial charge in [-0.15, -0.1) is 11.6 Å². The number of benzene rings is 2. The van der Waals surface area contributed by atoms with Gasteiger partial charge in [0.05, 0.1) is 4.92 Å². The molecular formula is C28H31ClN6O6. The molecular weight excluding hydrogens is 552 g/mol. The molecule has 3 aromatic rings. The number of carbonyl (C=O) groups is 4. The van der Waals surface area contributed by atoms with Crippen molar-refractivity contribution in [1.82, 2.24) is 20.5 Å². The third-order valence-corrected chi connectivity index (χ3v) is 7.43. The second-order valence-electron chi connectivity index (χ2n) is 9.95. The van der Waals surface area contributed by atoms with Crippen molar-refractivity contribution in [3.8, 4) is 0 Å². The minimum absolute atomic E-state index is 0.0365. The van der Waals surface area contributed by atoms with E-state index in [2.05, 4.69) is 15.6 Å². The van der Waals surface area contributed by atoms with Crippen molar-refractivity contribution in [1.29, 1.82) is 0 Å². The summed E-state index contributed by atoms with van der Waals surface area (Å²) in [7, 11) is 0. The molecule has 1 aliphatic heterocycles. The Kier molecular flexibility index (Phi) is 9.56. The number of primary amides is 1. The Bertz CT molecular complexity index is 1440.